The van der Waals surface area contributed by atoms with Gasteiger partial charge in [0, 0.05) is 31.3 Å². The highest BCUT2D eigenvalue weighted by Crippen LogP contribution is 2.31. The second kappa shape index (κ2) is 9.16. The van der Waals surface area contributed by atoms with Gasteiger partial charge in [-0.25, -0.2) is 10.3 Å². The van der Waals surface area contributed by atoms with E-state index in [1.807, 2.05) is 36.4 Å². The number of benzene rings is 2. The predicted octanol–water partition coefficient (Wildman–Crippen LogP) is 3.97. The van der Waals surface area contributed by atoms with Crippen molar-refractivity contribution < 1.29 is 9.47 Å². The first kappa shape index (κ1) is 17.4. The Morgan fingerprint density at radius 1 is 0.760 bits per heavy atom. The summed E-state index contributed by atoms with van der Waals surface area (Å²) in [6.07, 6.45) is 1.70. The molecule has 0 saturated carbocycles. The molecule has 0 aromatic heterocycles. The van der Waals surface area contributed by atoms with E-state index in [0.717, 1.165) is 41.2 Å². The van der Waals surface area contributed by atoms with Crippen molar-refractivity contribution in [3.05, 3.63) is 71.8 Å². The van der Waals surface area contributed by atoms with Crippen LogP contribution in [0.15, 0.2) is 65.7 Å². The van der Waals surface area contributed by atoms with Gasteiger partial charge in [0.25, 0.3) is 0 Å². The summed E-state index contributed by atoms with van der Waals surface area (Å²) in [5.41, 5.74) is 4.08. The van der Waals surface area contributed by atoms with Gasteiger partial charge >= 0.3 is 0 Å². The first-order valence-electron chi connectivity index (χ1n) is 8.59. The van der Waals surface area contributed by atoms with Gasteiger partial charge in [-0.2, -0.15) is 0 Å². The number of hydrogen-bond donors (Lipinski definition) is 0. The van der Waals surface area contributed by atoms with Crippen LogP contribution in [0.2, 0.25) is 0 Å². The topological polar surface area (TPSA) is 44.9 Å². The molecule has 0 aliphatic carbocycles. The Morgan fingerprint density at radius 2 is 1.40 bits per heavy atom. The van der Waals surface area contributed by atoms with Crippen LogP contribution >= 0.6 is 0 Å². The number of methoxy groups -OCH3 is 1. The molecule has 1 aliphatic rings. The zero-order chi connectivity index (χ0) is 17.3. The molecule has 0 bridgehead atoms. The van der Waals surface area contributed by atoms with E-state index in [1.165, 1.54) is 0 Å². The second-order valence-electron chi connectivity index (χ2n) is 5.78. The molecule has 0 unspecified atom stereocenters. The fourth-order valence-corrected chi connectivity index (χ4v) is 2.67. The molecule has 2 aromatic carbocycles. The Balaban J connectivity index is 1.69. The summed E-state index contributed by atoms with van der Waals surface area (Å²) < 4.78 is 10.5. The monoisotopic (exact) mass is 335 g/mol. The van der Waals surface area contributed by atoms with Crippen LogP contribution in [0.4, 0.5) is 0 Å². The molecule has 4 nitrogen and oxygen atoms in total. The molecule has 3 rings (SSSR count). The van der Waals surface area contributed by atoms with Crippen molar-refractivity contribution in [2.75, 3.05) is 26.9 Å². The largest absolute Gasteiger partial charge is 0.382 e. The van der Waals surface area contributed by atoms with E-state index in [9.17, 15) is 0 Å². The molecule has 0 spiro atoms. The molecule has 4 heteroatoms. The van der Waals surface area contributed by atoms with Crippen LogP contribution in [-0.4, -0.2) is 32.8 Å². The van der Waals surface area contributed by atoms with E-state index < -0.39 is 0 Å². The number of rotatable bonds is 9. The zero-order valence-corrected chi connectivity index (χ0v) is 14.5. The van der Waals surface area contributed by atoms with E-state index in [4.69, 9.17) is 19.8 Å². The number of nitrogens with zero attached hydrogens (tertiary/aromatic N) is 2. The van der Waals surface area contributed by atoms with Crippen molar-refractivity contribution in [1.29, 1.82) is 0 Å². The minimum atomic E-state index is 0.628. The predicted molar refractivity (Wildman–Crippen MR) is 101 cm³/mol. The normalized spacial score (nSPS) is 13.7. The lowest BCUT2D eigenvalue weighted by Gasteiger charge is -2.06. The summed E-state index contributed by atoms with van der Waals surface area (Å²) >= 11 is 0. The summed E-state index contributed by atoms with van der Waals surface area (Å²) in [4.78, 5) is 4.80. The van der Waals surface area contributed by atoms with E-state index in [-0.39, 0.29) is 0 Å². The zero-order valence-electron chi connectivity index (χ0n) is 14.5. The maximum absolute atomic E-state index is 5.52. The van der Waals surface area contributed by atoms with Crippen molar-refractivity contribution in [2.24, 2.45) is 4.99 Å². The quantitative estimate of drug-likeness (QED) is 0.651. The lowest BCUT2D eigenvalue weighted by Crippen LogP contribution is -2.12. The second-order valence-corrected chi connectivity index (χ2v) is 5.78. The third kappa shape index (κ3) is 4.78. The molecule has 1 heterocycles. The number of hydrogen-bond acceptors (Lipinski definition) is 3. The molecule has 1 radical (unpaired) electrons. The molecule has 1 aliphatic heterocycles. The van der Waals surface area contributed by atoms with Crippen molar-refractivity contribution in [1.82, 2.24) is 5.32 Å². The molecule has 25 heavy (non-hydrogen) atoms. The van der Waals surface area contributed by atoms with Crippen molar-refractivity contribution >= 4 is 17.2 Å². The smallest absolute Gasteiger partial charge is 0.129 e. The van der Waals surface area contributed by atoms with Crippen LogP contribution in [0.5, 0.6) is 0 Å². The Morgan fingerprint density at radius 3 is 2.04 bits per heavy atom. The minimum absolute atomic E-state index is 0.628. The summed E-state index contributed by atoms with van der Waals surface area (Å²) in [6.45, 7) is 1.95. The van der Waals surface area contributed by atoms with Gasteiger partial charge in [-0.15, -0.1) is 0 Å². The number of aliphatic imine (C=N–C) groups is 1. The maximum atomic E-state index is 5.52. The summed E-state index contributed by atoms with van der Waals surface area (Å²) in [5, 5.41) is 4.80. The molecule has 0 fully saturated rings. The van der Waals surface area contributed by atoms with E-state index in [1.54, 1.807) is 7.11 Å². The first-order chi connectivity index (χ1) is 12.4. The standard InChI is InChI=1S/C21H23N2O2/c1-24-15-16-25-14-8-13-19-22-20(17-9-4-2-5-10-17)21(23-19)18-11-6-3-7-12-18/h2-7,9-12H,8,13-16H2,1H3. The van der Waals surface area contributed by atoms with Crippen molar-refractivity contribution in [3.63, 3.8) is 0 Å². The number of amidine groups is 1. The molecule has 2 aromatic rings. The Kier molecular flexibility index (Phi) is 6.37. The van der Waals surface area contributed by atoms with Gasteiger partial charge in [0.2, 0.25) is 0 Å². The minimum Gasteiger partial charge on any atom is -0.382 e. The van der Waals surface area contributed by atoms with Crippen LogP contribution in [0.1, 0.15) is 24.0 Å². The third-order valence-electron chi connectivity index (χ3n) is 3.92. The molecule has 0 saturated heterocycles. The molecular formula is C21H23N2O2. The lowest BCUT2D eigenvalue weighted by atomic mass is 10.1. The first-order valence-corrected chi connectivity index (χ1v) is 8.59. The molecule has 129 valence electrons. The van der Waals surface area contributed by atoms with Gasteiger partial charge in [0.1, 0.15) is 5.84 Å². The van der Waals surface area contributed by atoms with Gasteiger partial charge in [-0.3, -0.25) is 0 Å². The average molecular weight is 335 g/mol. The maximum Gasteiger partial charge on any atom is 0.129 e. The van der Waals surface area contributed by atoms with Crippen LogP contribution < -0.4 is 5.32 Å². The van der Waals surface area contributed by atoms with Gasteiger partial charge in [-0.05, 0) is 6.42 Å². The van der Waals surface area contributed by atoms with Gasteiger partial charge in [0.05, 0.1) is 24.6 Å². The van der Waals surface area contributed by atoms with Crippen LogP contribution in [0.3, 0.4) is 0 Å². The average Bonchev–Trinajstić information content (AvgIpc) is 3.10. The van der Waals surface area contributed by atoms with Crippen molar-refractivity contribution in [2.45, 2.75) is 12.8 Å². The highest BCUT2D eigenvalue weighted by Gasteiger charge is 2.21. The Hall–Kier alpha value is -2.43. The fraction of sp³-hybridized carbons (Fsp3) is 0.286. The van der Waals surface area contributed by atoms with E-state index in [2.05, 4.69) is 24.3 Å². The summed E-state index contributed by atoms with van der Waals surface area (Å²) in [5.74, 6) is 0.869. The van der Waals surface area contributed by atoms with E-state index >= 15 is 0 Å². The van der Waals surface area contributed by atoms with Crippen LogP contribution in [-0.2, 0) is 9.47 Å². The van der Waals surface area contributed by atoms with Crippen LogP contribution in [0, 0.1) is 0 Å². The lowest BCUT2D eigenvalue weighted by molar-refractivity contribution is 0.0701. The SMILES string of the molecule is COCCOCCCC1=NC(c2ccccc2)=C(c2ccccc2)[N]1. The van der Waals surface area contributed by atoms with Crippen molar-refractivity contribution in [3.8, 4) is 0 Å². The summed E-state index contributed by atoms with van der Waals surface area (Å²) in [6, 6.07) is 20.5. The van der Waals surface area contributed by atoms with Gasteiger partial charge in [0.15, 0.2) is 0 Å². The van der Waals surface area contributed by atoms with Crippen LogP contribution in [0.25, 0.3) is 11.4 Å². The Labute approximate surface area is 149 Å². The molecule has 0 amide bonds. The van der Waals surface area contributed by atoms with Gasteiger partial charge in [-0.1, -0.05) is 60.7 Å². The highest BCUT2D eigenvalue weighted by atomic mass is 16.5. The highest BCUT2D eigenvalue weighted by molar-refractivity contribution is 6.07. The summed E-state index contributed by atoms with van der Waals surface area (Å²) in [7, 11) is 1.68. The Bertz CT molecular complexity index is 724. The van der Waals surface area contributed by atoms with Gasteiger partial charge < -0.3 is 9.47 Å². The molecule has 0 N–H and O–H groups in total. The van der Waals surface area contributed by atoms with E-state index in [0.29, 0.717) is 19.8 Å². The third-order valence-corrected chi connectivity index (χ3v) is 3.92. The molecular weight excluding hydrogens is 312 g/mol. The fourth-order valence-electron chi connectivity index (χ4n) is 2.67. The number of ether oxygens (including phenoxy) is 2. The molecule has 0 atom stereocenters.